The number of hydrogen-bond donors (Lipinski definition) is 0. The molecule has 1 aliphatic heterocycles. The van der Waals surface area contributed by atoms with Crippen molar-refractivity contribution in [2.75, 3.05) is 0 Å². The Labute approximate surface area is 88.1 Å². The maximum atomic E-state index is 13.0. The summed E-state index contributed by atoms with van der Waals surface area (Å²) in [4.78, 5) is 10.6. The highest BCUT2D eigenvalue weighted by molar-refractivity contribution is 5.56. The van der Waals surface area contributed by atoms with E-state index in [2.05, 4.69) is 0 Å². The Bertz CT molecular complexity index is 378. The highest BCUT2D eigenvalue weighted by atomic mass is 19.1. The third-order valence-corrected chi connectivity index (χ3v) is 2.90. The molecule has 0 aliphatic carbocycles. The first-order valence-electron chi connectivity index (χ1n) is 5.03. The topological polar surface area (TPSA) is 26.3 Å². The monoisotopic (exact) mass is 208 g/mol. The summed E-state index contributed by atoms with van der Waals surface area (Å²) in [6.07, 6.45) is 1.92. The molecule has 2 atom stereocenters. The number of hydrogen-bond acceptors (Lipinski definition) is 2. The van der Waals surface area contributed by atoms with Gasteiger partial charge >= 0.3 is 0 Å². The number of ether oxygens (including phenoxy) is 1. The highest BCUT2D eigenvalue weighted by Crippen LogP contribution is 2.38. The van der Waals surface area contributed by atoms with Gasteiger partial charge in [0, 0.05) is 0 Å². The molecule has 2 rings (SSSR count). The van der Waals surface area contributed by atoms with Crippen LogP contribution in [0.4, 0.5) is 4.39 Å². The summed E-state index contributed by atoms with van der Waals surface area (Å²) in [6.45, 7) is 1.89. The van der Waals surface area contributed by atoms with Gasteiger partial charge in [0.25, 0.3) is 0 Å². The molecular formula is C12H13FO2. The van der Waals surface area contributed by atoms with Gasteiger partial charge in [-0.05, 0) is 37.5 Å². The van der Waals surface area contributed by atoms with Crippen LogP contribution in [0.5, 0.6) is 0 Å². The molecule has 2 unspecified atom stereocenters. The molecule has 2 nitrogen and oxygen atoms in total. The van der Waals surface area contributed by atoms with Gasteiger partial charge in [0.1, 0.15) is 18.2 Å². The quantitative estimate of drug-likeness (QED) is 0.698. The van der Waals surface area contributed by atoms with E-state index in [-0.39, 0.29) is 11.9 Å². The Kier molecular flexibility index (Phi) is 2.57. The van der Waals surface area contributed by atoms with Crippen molar-refractivity contribution in [2.45, 2.75) is 31.5 Å². The van der Waals surface area contributed by atoms with E-state index in [9.17, 15) is 9.18 Å². The molecule has 1 heterocycles. The van der Waals surface area contributed by atoms with Gasteiger partial charge in [-0.2, -0.15) is 0 Å². The second-order valence-corrected chi connectivity index (χ2v) is 4.07. The lowest BCUT2D eigenvalue weighted by atomic mass is 9.93. The van der Waals surface area contributed by atoms with Crippen LogP contribution in [0.15, 0.2) is 24.3 Å². The van der Waals surface area contributed by atoms with Gasteiger partial charge in [-0.3, -0.25) is 0 Å². The van der Waals surface area contributed by atoms with Gasteiger partial charge < -0.3 is 9.53 Å². The minimum Gasteiger partial charge on any atom is -0.360 e. The average molecular weight is 208 g/mol. The van der Waals surface area contributed by atoms with Crippen molar-refractivity contribution >= 4 is 6.29 Å². The van der Waals surface area contributed by atoms with Crippen molar-refractivity contribution < 1.29 is 13.9 Å². The minimum absolute atomic E-state index is 0.271. The fourth-order valence-electron chi connectivity index (χ4n) is 2.00. The molecule has 0 saturated carbocycles. The van der Waals surface area contributed by atoms with Gasteiger partial charge in [0.05, 0.1) is 5.60 Å². The summed E-state index contributed by atoms with van der Waals surface area (Å²) >= 11 is 0. The predicted octanol–water partition coefficient (Wildman–Crippen LogP) is 2.42. The molecule has 0 amide bonds. The Morgan fingerprint density at radius 2 is 2.40 bits per heavy atom. The Morgan fingerprint density at radius 3 is 3.00 bits per heavy atom. The Balaban J connectivity index is 2.27. The smallest absolute Gasteiger partial charge is 0.148 e. The van der Waals surface area contributed by atoms with E-state index in [1.54, 1.807) is 6.07 Å². The van der Waals surface area contributed by atoms with Crippen LogP contribution >= 0.6 is 0 Å². The molecule has 1 aromatic carbocycles. The summed E-state index contributed by atoms with van der Waals surface area (Å²) < 4.78 is 18.6. The zero-order chi connectivity index (χ0) is 10.9. The third-order valence-electron chi connectivity index (χ3n) is 2.90. The van der Waals surface area contributed by atoms with Gasteiger partial charge in [-0.1, -0.05) is 12.1 Å². The van der Waals surface area contributed by atoms with E-state index in [0.717, 1.165) is 18.3 Å². The predicted molar refractivity (Wildman–Crippen MR) is 53.9 cm³/mol. The standard InChI is InChI=1S/C12H13FO2/c1-12(6-5-11(8-14)15-12)9-3-2-4-10(13)7-9/h2-4,7-8,11H,5-6H2,1H3. The fourth-order valence-corrected chi connectivity index (χ4v) is 2.00. The molecule has 0 aromatic heterocycles. The number of aldehydes is 1. The van der Waals surface area contributed by atoms with Crippen LogP contribution in [-0.2, 0) is 15.1 Å². The fraction of sp³-hybridized carbons (Fsp3) is 0.417. The van der Waals surface area contributed by atoms with E-state index >= 15 is 0 Å². The van der Waals surface area contributed by atoms with Crippen molar-refractivity contribution in [1.29, 1.82) is 0 Å². The van der Waals surface area contributed by atoms with Crippen molar-refractivity contribution in [3.63, 3.8) is 0 Å². The zero-order valence-electron chi connectivity index (χ0n) is 8.57. The molecule has 0 bridgehead atoms. The largest absolute Gasteiger partial charge is 0.360 e. The Morgan fingerprint density at radius 1 is 1.60 bits per heavy atom. The summed E-state index contributed by atoms with van der Waals surface area (Å²) in [7, 11) is 0. The molecule has 0 spiro atoms. The van der Waals surface area contributed by atoms with Gasteiger partial charge in [0.2, 0.25) is 0 Å². The van der Waals surface area contributed by atoms with Crippen molar-refractivity contribution in [2.24, 2.45) is 0 Å². The minimum atomic E-state index is -0.520. The summed E-state index contributed by atoms with van der Waals surface area (Å²) in [5, 5.41) is 0. The van der Waals surface area contributed by atoms with Crippen LogP contribution in [0.2, 0.25) is 0 Å². The van der Waals surface area contributed by atoms with Gasteiger partial charge in [-0.15, -0.1) is 0 Å². The number of carbonyl (C=O) groups is 1. The van der Waals surface area contributed by atoms with E-state index in [0.29, 0.717) is 6.42 Å². The van der Waals surface area contributed by atoms with Crippen LogP contribution in [0.3, 0.4) is 0 Å². The summed E-state index contributed by atoms with van der Waals surface area (Å²) in [5.41, 5.74) is 0.278. The molecule has 15 heavy (non-hydrogen) atoms. The first-order valence-corrected chi connectivity index (χ1v) is 5.03. The van der Waals surface area contributed by atoms with Crippen LogP contribution in [0.1, 0.15) is 25.3 Å². The summed E-state index contributed by atoms with van der Waals surface area (Å²) in [6, 6.07) is 6.36. The second-order valence-electron chi connectivity index (χ2n) is 4.07. The molecule has 1 aromatic rings. The van der Waals surface area contributed by atoms with Crippen molar-refractivity contribution in [3.8, 4) is 0 Å². The molecule has 1 saturated heterocycles. The van der Waals surface area contributed by atoms with Crippen LogP contribution in [0, 0.1) is 5.82 Å². The number of halogens is 1. The maximum absolute atomic E-state index is 13.0. The van der Waals surface area contributed by atoms with Crippen LogP contribution in [0.25, 0.3) is 0 Å². The third kappa shape index (κ3) is 1.92. The first kappa shape index (κ1) is 10.3. The van der Waals surface area contributed by atoms with E-state index in [1.165, 1.54) is 12.1 Å². The maximum Gasteiger partial charge on any atom is 0.148 e. The molecule has 3 heteroatoms. The van der Waals surface area contributed by atoms with Gasteiger partial charge in [-0.25, -0.2) is 4.39 Å². The second kappa shape index (κ2) is 3.74. The van der Waals surface area contributed by atoms with Crippen LogP contribution in [-0.4, -0.2) is 12.4 Å². The van der Waals surface area contributed by atoms with E-state index < -0.39 is 5.60 Å². The zero-order valence-corrected chi connectivity index (χ0v) is 8.57. The molecular weight excluding hydrogens is 195 g/mol. The normalized spacial score (nSPS) is 30.4. The van der Waals surface area contributed by atoms with E-state index in [4.69, 9.17) is 4.74 Å². The van der Waals surface area contributed by atoms with Crippen molar-refractivity contribution in [3.05, 3.63) is 35.6 Å². The highest BCUT2D eigenvalue weighted by Gasteiger charge is 2.37. The lowest BCUT2D eigenvalue weighted by molar-refractivity contribution is -0.122. The average Bonchev–Trinajstić information content (AvgIpc) is 2.62. The molecule has 0 radical (unpaired) electrons. The van der Waals surface area contributed by atoms with E-state index in [1.807, 2.05) is 13.0 Å². The first-order chi connectivity index (χ1) is 7.14. The lowest BCUT2D eigenvalue weighted by Gasteiger charge is -2.24. The number of carbonyl (C=O) groups excluding carboxylic acids is 1. The number of rotatable bonds is 2. The molecule has 1 fully saturated rings. The van der Waals surface area contributed by atoms with Crippen LogP contribution < -0.4 is 0 Å². The molecule has 80 valence electrons. The number of benzene rings is 1. The SMILES string of the molecule is CC1(c2cccc(F)c2)CCC(C=O)O1. The lowest BCUT2D eigenvalue weighted by Crippen LogP contribution is -2.22. The Hall–Kier alpha value is -1.22. The van der Waals surface area contributed by atoms with Gasteiger partial charge in [0.15, 0.2) is 0 Å². The molecule has 1 aliphatic rings. The molecule has 0 N–H and O–H groups in total. The van der Waals surface area contributed by atoms with Crippen molar-refractivity contribution in [1.82, 2.24) is 0 Å². The summed E-state index contributed by atoms with van der Waals surface area (Å²) in [5.74, 6) is -0.271.